The van der Waals surface area contributed by atoms with Gasteiger partial charge in [-0.1, -0.05) is 56.7 Å². The summed E-state index contributed by atoms with van der Waals surface area (Å²) < 4.78 is 13.9. The summed E-state index contributed by atoms with van der Waals surface area (Å²) in [6, 6.07) is 17.9. The Morgan fingerprint density at radius 1 is 1.05 bits per heavy atom. The van der Waals surface area contributed by atoms with Crippen LogP contribution in [-0.4, -0.2) is 51.2 Å². The van der Waals surface area contributed by atoms with Gasteiger partial charge in [0.2, 0.25) is 5.88 Å². The van der Waals surface area contributed by atoms with Crippen LogP contribution in [0.4, 0.5) is 0 Å². The zero-order chi connectivity index (χ0) is 30.2. The highest BCUT2D eigenvalue weighted by Gasteiger charge is 2.23. The fraction of sp³-hybridized carbons (Fsp3) is 0.226. The van der Waals surface area contributed by atoms with Gasteiger partial charge in [-0.3, -0.25) is 0 Å². The number of carboxylic acids is 1. The minimum Gasteiger partial charge on any atom is -0.477 e. The number of carbonyl (C=O) groups is 1. The quantitative estimate of drug-likeness (QED) is 0.198. The fourth-order valence-electron chi connectivity index (χ4n) is 5.26. The van der Waals surface area contributed by atoms with Crippen molar-refractivity contribution in [3.05, 3.63) is 82.8 Å². The Kier molecular flexibility index (Phi) is 8.62. The highest BCUT2D eigenvalue weighted by molar-refractivity contribution is 7.30. The van der Waals surface area contributed by atoms with Gasteiger partial charge in [-0.15, -0.1) is 18.5 Å². The van der Waals surface area contributed by atoms with Crippen LogP contribution in [-0.2, 0) is 24.3 Å². The fourth-order valence-corrected chi connectivity index (χ4v) is 6.63. The molecule has 12 heteroatoms. The van der Waals surface area contributed by atoms with Crippen molar-refractivity contribution in [1.82, 2.24) is 19.5 Å². The molecule has 1 aliphatic heterocycles. The first-order chi connectivity index (χ1) is 20.7. The second-order valence-corrected chi connectivity index (χ2v) is 12.8. The highest BCUT2D eigenvalue weighted by Crippen LogP contribution is 2.25. The number of hydrogen-bond acceptors (Lipinski definition) is 6. The molecule has 1 aliphatic rings. The largest absolute Gasteiger partial charge is 0.477 e. The van der Waals surface area contributed by atoms with Crippen LogP contribution in [0.15, 0.2) is 54.6 Å². The number of benzene rings is 2. The number of carboxylic acid groups (broad SMARTS) is 1. The second-order valence-electron chi connectivity index (χ2n) is 10.9. The van der Waals surface area contributed by atoms with E-state index in [1.165, 1.54) is 17.1 Å². The lowest BCUT2D eigenvalue weighted by molar-refractivity contribution is -0.0590. The molecule has 0 aliphatic carbocycles. The van der Waals surface area contributed by atoms with Crippen LogP contribution in [0.5, 0.6) is 5.88 Å². The van der Waals surface area contributed by atoms with Crippen LogP contribution in [0, 0.1) is 6.92 Å². The van der Waals surface area contributed by atoms with Crippen LogP contribution in [0.3, 0.4) is 0 Å². The molecule has 6 rings (SSSR count). The number of rotatable bonds is 9. The van der Waals surface area contributed by atoms with Gasteiger partial charge in [-0.2, -0.15) is 0 Å². The lowest BCUT2D eigenvalue weighted by atomic mass is 9.89. The lowest BCUT2D eigenvalue weighted by Crippen LogP contribution is -2.32. The van der Waals surface area contributed by atoms with Crippen molar-refractivity contribution in [3.63, 3.8) is 0 Å². The first kappa shape index (κ1) is 29.8. The molecule has 4 atom stereocenters. The van der Waals surface area contributed by atoms with E-state index in [-0.39, 0.29) is 11.8 Å². The summed E-state index contributed by atoms with van der Waals surface area (Å²) in [4.78, 5) is 25.8. The maximum atomic E-state index is 11.6. The molecule has 2 aromatic carbocycles. The third kappa shape index (κ3) is 6.37. The minimum atomic E-state index is -1.06. The second kappa shape index (κ2) is 12.4. The van der Waals surface area contributed by atoms with Gasteiger partial charge in [0.1, 0.15) is 25.8 Å². The molecule has 0 spiro atoms. The highest BCUT2D eigenvalue weighted by atomic mass is 31.0. The average Bonchev–Trinajstić information content (AvgIpc) is 3.27. The smallest absolute Gasteiger partial charge is 0.354 e. The van der Waals surface area contributed by atoms with Gasteiger partial charge >= 0.3 is 5.97 Å². The van der Waals surface area contributed by atoms with Gasteiger partial charge in [0.05, 0.1) is 18.3 Å². The molecular weight excluding hydrogens is 596 g/mol. The van der Waals surface area contributed by atoms with Gasteiger partial charge in [-0.05, 0) is 53.3 Å². The van der Waals surface area contributed by atoms with Gasteiger partial charge < -0.3 is 19.1 Å². The van der Waals surface area contributed by atoms with E-state index in [0.717, 1.165) is 57.2 Å². The molecule has 1 saturated heterocycles. The molecule has 218 valence electrons. The Morgan fingerprint density at radius 3 is 2.56 bits per heavy atom. The maximum Gasteiger partial charge on any atom is 0.354 e. The SMILES string of the molecule is Bc1cc(C)ccc1COc1nc(-c2ccc(Cc3nc4ccc(C(=O)O)nc4n3CC3CCO3)cc2P)c(P)cc1P. The van der Waals surface area contributed by atoms with Crippen LogP contribution >= 0.6 is 27.7 Å². The standard InChI is InChI=1S/C31H32BN4O4P3/c1-16-2-4-18(21(32)10-16)15-40-30-26(43)13-25(42)28(35-30)20-5-3-17(11-24(20)41)12-27-33-22-6-7-23(31(37)38)34-29(22)36(27)14-19-8-9-39-19/h2-7,10-11,13,19H,8-9,12,14-15,32,41-43H2,1H3,(H,37,38). The third-order valence-electron chi connectivity index (χ3n) is 7.71. The predicted molar refractivity (Wildman–Crippen MR) is 183 cm³/mol. The number of aryl methyl sites for hydroxylation is 1. The zero-order valence-corrected chi connectivity index (χ0v) is 27.5. The third-order valence-corrected chi connectivity index (χ3v) is 9.04. The molecule has 4 heterocycles. The number of aromatic nitrogens is 4. The van der Waals surface area contributed by atoms with Crippen molar-refractivity contribution < 1.29 is 19.4 Å². The van der Waals surface area contributed by atoms with Gasteiger partial charge in [0.25, 0.3) is 0 Å². The average molecular weight is 628 g/mol. The molecule has 0 saturated carbocycles. The summed E-state index contributed by atoms with van der Waals surface area (Å²) in [6.07, 6.45) is 1.59. The minimum absolute atomic E-state index is 0.000844. The van der Waals surface area contributed by atoms with E-state index in [0.29, 0.717) is 36.6 Å². The molecule has 0 amide bonds. The first-order valence-electron chi connectivity index (χ1n) is 14.0. The molecule has 5 aromatic rings. The van der Waals surface area contributed by atoms with Crippen molar-refractivity contribution in [2.24, 2.45) is 0 Å². The number of pyridine rings is 2. The maximum absolute atomic E-state index is 11.6. The van der Waals surface area contributed by atoms with Crippen molar-refractivity contribution in [1.29, 1.82) is 0 Å². The number of aromatic carboxylic acids is 1. The molecule has 1 N–H and O–H groups in total. The monoisotopic (exact) mass is 628 g/mol. The zero-order valence-electron chi connectivity index (χ0n) is 24.0. The van der Waals surface area contributed by atoms with Crippen molar-refractivity contribution in [3.8, 4) is 17.1 Å². The normalized spacial score (nSPS) is 14.6. The van der Waals surface area contributed by atoms with E-state index in [9.17, 15) is 9.90 Å². The van der Waals surface area contributed by atoms with E-state index < -0.39 is 5.97 Å². The lowest BCUT2D eigenvalue weighted by Gasteiger charge is -2.27. The Bertz CT molecular complexity index is 1880. The van der Waals surface area contributed by atoms with E-state index in [1.807, 2.05) is 4.57 Å². The van der Waals surface area contributed by atoms with Crippen molar-refractivity contribution >= 4 is 74.1 Å². The molecule has 4 unspecified atom stereocenters. The summed E-state index contributed by atoms with van der Waals surface area (Å²) >= 11 is 0. The Balaban J connectivity index is 1.28. The number of fused-ring (bicyclic) bond motifs is 1. The number of nitrogens with zero attached hydrogens (tertiary/aromatic N) is 4. The molecule has 0 radical (unpaired) electrons. The number of hydrogen-bond donors (Lipinski definition) is 1. The van der Waals surface area contributed by atoms with E-state index in [1.54, 1.807) is 6.07 Å². The summed E-state index contributed by atoms with van der Waals surface area (Å²) in [5, 5.41) is 12.4. The number of imidazole rings is 1. The first-order valence-corrected chi connectivity index (χ1v) is 15.7. The van der Waals surface area contributed by atoms with Crippen LogP contribution in [0.25, 0.3) is 22.4 Å². The molecule has 0 bridgehead atoms. The molecule has 1 fully saturated rings. The Labute approximate surface area is 258 Å². The summed E-state index contributed by atoms with van der Waals surface area (Å²) in [7, 11) is 10.5. The number of ether oxygens (including phenoxy) is 2. The molecule has 8 nitrogen and oxygen atoms in total. The summed E-state index contributed by atoms with van der Waals surface area (Å²) in [6.45, 7) is 3.85. The molecular formula is C31H32BN4O4P3. The van der Waals surface area contributed by atoms with Crippen LogP contribution in [0.2, 0.25) is 0 Å². The van der Waals surface area contributed by atoms with Crippen LogP contribution < -0.4 is 26.1 Å². The summed E-state index contributed by atoms with van der Waals surface area (Å²) in [5.74, 6) is 0.340. The van der Waals surface area contributed by atoms with E-state index >= 15 is 0 Å². The predicted octanol–water partition coefficient (Wildman–Crippen LogP) is 2.22. The Hall–Kier alpha value is -3.21. The van der Waals surface area contributed by atoms with Crippen molar-refractivity contribution in [2.75, 3.05) is 6.61 Å². The topological polar surface area (TPSA) is 99.4 Å². The van der Waals surface area contributed by atoms with Gasteiger partial charge in [0.15, 0.2) is 11.3 Å². The van der Waals surface area contributed by atoms with Gasteiger partial charge in [-0.25, -0.2) is 19.7 Å². The van der Waals surface area contributed by atoms with Crippen LogP contribution in [0.1, 0.15) is 39.4 Å². The van der Waals surface area contributed by atoms with Crippen molar-refractivity contribution in [2.45, 2.75) is 39.0 Å². The van der Waals surface area contributed by atoms with E-state index in [2.05, 4.69) is 89.9 Å². The van der Waals surface area contributed by atoms with E-state index in [4.69, 9.17) is 19.4 Å². The van der Waals surface area contributed by atoms with Gasteiger partial charge in [0, 0.05) is 23.9 Å². The Morgan fingerprint density at radius 2 is 1.86 bits per heavy atom. The molecule has 43 heavy (non-hydrogen) atoms. The molecule has 3 aromatic heterocycles. The summed E-state index contributed by atoms with van der Waals surface area (Å²) in [5.41, 5.74) is 7.69.